The first-order valence-corrected chi connectivity index (χ1v) is 6.76. The summed E-state index contributed by atoms with van der Waals surface area (Å²) in [6.07, 6.45) is 3.08. The SMILES string of the molecule is Nc1ncnc(N2CCN3C(=O)CCC3C2)c1Br. The second-order valence-electron chi connectivity index (χ2n) is 4.62. The quantitative estimate of drug-likeness (QED) is 0.823. The molecular formula is C11H14BrN5O. The highest BCUT2D eigenvalue weighted by molar-refractivity contribution is 9.10. The average molecular weight is 312 g/mol. The van der Waals surface area contributed by atoms with Crippen molar-refractivity contribution in [1.82, 2.24) is 14.9 Å². The first-order chi connectivity index (χ1) is 8.66. The molecule has 2 fully saturated rings. The number of fused-ring (bicyclic) bond motifs is 1. The standard InChI is InChI=1S/C11H14BrN5O/c12-9-10(13)14-6-15-11(9)16-3-4-17-7(5-16)1-2-8(17)18/h6-7H,1-5H2,(H2,13,14,15). The number of aromatic nitrogens is 2. The summed E-state index contributed by atoms with van der Waals surface area (Å²) in [5.74, 6) is 1.55. The summed E-state index contributed by atoms with van der Waals surface area (Å²) < 4.78 is 0.739. The van der Waals surface area contributed by atoms with Crippen molar-refractivity contribution in [2.45, 2.75) is 18.9 Å². The van der Waals surface area contributed by atoms with Crippen LogP contribution >= 0.6 is 15.9 Å². The molecule has 6 nitrogen and oxygen atoms in total. The molecule has 3 heterocycles. The van der Waals surface area contributed by atoms with E-state index in [9.17, 15) is 4.79 Å². The summed E-state index contributed by atoms with van der Waals surface area (Å²) in [5, 5.41) is 0. The molecule has 1 atom stereocenters. The van der Waals surface area contributed by atoms with E-state index in [1.54, 1.807) is 0 Å². The molecule has 1 aromatic rings. The zero-order valence-corrected chi connectivity index (χ0v) is 11.4. The lowest BCUT2D eigenvalue weighted by atomic mass is 10.1. The largest absolute Gasteiger partial charge is 0.383 e. The van der Waals surface area contributed by atoms with Crippen LogP contribution in [-0.2, 0) is 4.79 Å². The number of hydrogen-bond donors (Lipinski definition) is 1. The van der Waals surface area contributed by atoms with Crippen molar-refractivity contribution >= 4 is 33.5 Å². The lowest BCUT2D eigenvalue weighted by molar-refractivity contribution is -0.129. The molecule has 0 aromatic carbocycles. The number of halogens is 1. The van der Waals surface area contributed by atoms with Gasteiger partial charge in [-0.05, 0) is 22.4 Å². The maximum atomic E-state index is 11.6. The van der Waals surface area contributed by atoms with Crippen LogP contribution in [0, 0.1) is 0 Å². The number of anilines is 2. The van der Waals surface area contributed by atoms with Gasteiger partial charge in [-0.15, -0.1) is 0 Å². The third-order valence-corrected chi connectivity index (χ3v) is 4.35. The molecule has 0 saturated carbocycles. The summed E-state index contributed by atoms with van der Waals surface area (Å²) in [6.45, 7) is 2.37. The van der Waals surface area contributed by atoms with Crippen LogP contribution in [0.4, 0.5) is 11.6 Å². The fourth-order valence-corrected chi connectivity index (χ4v) is 3.11. The van der Waals surface area contributed by atoms with E-state index in [0.717, 1.165) is 36.3 Å². The number of rotatable bonds is 1. The Morgan fingerprint density at radius 1 is 1.39 bits per heavy atom. The minimum absolute atomic E-state index is 0.279. The number of carbonyl (C=O) groups excluding carboxylic acids is 1. The Morgan fingerprint density at radius 3 is 3.06 bits per heavy atom. The van der Waals surface area contributed by atoms with Gasteiger partial charge in [0, 0.05) is 32.1 Å². The van der Waals surface area contributed by atoms with Crippen LogP contribution in [-0.4, -0.2) is 46.5 Å². The first-order valence-electron chi connectivity index (χ1n) is 5.97. The van der Waals surface area contributed by atoms with Gasteiger partial charge in [-0.25, -0.2) is 9.97 Å². The van der Waals surface area contributed by atoms with Gasteiger partial charge in [-0.1, -0.05) is 0 Å². The molecule has 2 aliphatic heterocycles. The lowest BCUT2D eigenvalue weighted by Gasteiger charge is -2.38. The molecule has 1 unspecified atom stereocenters. The number of nitrogen functional groups attached to an aromatic ring is 1. The van der Waals surface area contributed by atoms with Crippen LogP contribution in [0.5, 0.6) is 0 Å². The summed E-state index contributed by atoms with van der Waals surface area (Å²) in [4.78, 5) is 24.0. The molecular weight excluding hydrogens is 298 g/mol. The van der Waals surface area contributed by atoms with Gasteiger partial charge in [0.1, 0.15) is 22.4 Å². The Morgan fingerprint density at radius 2 is 2.22 bits per heavy atom. The van der Waals surface area contributed by atoms with Gasteiger partial charge in [-0.2, -0.15) is 0 Å². The van der Waals surface area contributed by atoms with Gasteiger partial charge in [0.2, 0.25) is 5.91 Å². The molecule has 0 radical (unpaired) electrons. The topological polar surface area (TPSA) is 75.3 Å². The Labute approximate surface area is 113 Å². The highest BCUT2D eigenvalue weighted by atomic mass is 79.9. The van der Waals surface area contributed by atoms with E-state index in [4.69, 9.17) is 5.73 Å². The van der Waals surface area contributed by atoms with E-state index in [0.29, 0.717) is 18.3 Å². The van der Waals surface area contributed by atoms with Crippen molar-refractivity contribution in [2.75, 3.05) is 30.3 Å². The van der Waals surface area contributed by atoms with Crippen LogP contribution in [0.25, 0.3) is 0 Å². The van der Waals surface area contributed by atoms with Crippen LogP contribution in [0.1, 0.15) is 12.8 Å². The molecule has 0 spiro atoms. The van der Waals surface area contributed by atoms with Gasteiger partial charge in [0.15, 0.2) is 0 Å². The number of nitrogens with zero attached hydrogens (tertiary/aromatic N) is 4. The van der Waals surface area contributed by atoms with Crippen molar-refractivity contribution in [3.8, 4) is 0 Å². The maximum absolute atomic E-state index is 11.6. The van der Waals surface area contributed by atoms with Crippen LogP contribution in [0.15, 0.2) is 10.8 Å². The number of nitrogens with two attached hydrogens (primary N) is 1. The van der Waals surface area contributed by atoms with Gasteiger partial charge < -0.3 is 15.5 Å². The van der Waals surface area contributed by atoms with Gasteiger partial charge in [-0.3, -0.25) is 4.79 Å². The van der Waals surface area contributed by atoms with E-state index < -0.39 is 0 Å². The lowest BCUT2D eigenvalue weighted by Crippen LogP contribution is -2.51. The van der Waals surface area contributed by atoms with Gasteiger partial charge in [0.25, 0.3) is 0 Å². The van der Waals surface area contributed by atoms with Crippen molar-refractivity contribution in [1.29, 1.82) is 0 Å². The summed E-state index contributed by atoms with van der Waals surface area (Å²) in [5.41, 5.74) is 5.77. The predicted molar refractivity (Wildman–Crippen MR) is 71.1 cm³/mol. The van der Waals surface area contributed by atoms with E-state index in [-0.39, 0.29) is 5.91 Å². The Kier molecular flexibility index (Phi) is 2.85. The van der Waals surface area contributed by atoms with E-state index in [2.05, 4.69) is 30.8 Å². The highest BCUT2D eigenvalue weighted by Crippen LogP contribution is 2.31. The molecule has 2 saturated heterocycles. The average Bonchev–Trinajstić information content (AvgIpc) is 2.74. The van der Waals surface area contributed by atoms with Crippen molar-refractivity contribution < 1.29 is 4.79 Å². The zero-order chi connectivity index (χ0) is 12.7. The molecule has 1 aromatic heterocycles. The van der Waals surface area contributed by atoms with E-state index >= 15 is 0 Å². The molecule has 0 bridgehead atoms. The highest BCUT2D eigenvalue weighted by Gasteiger charge is 2.36. The van der Waals surface area contributed by atoms with Gasteiger partial charge in [0.05, 0.1) is 0 Å². The van der Waals surface area contributed by atoms with Crippen molar-refractivity contribution in [2.24, 2.45) is 0 Å². The fraction of sp³-hybridized carbons (Fsp3) is 0.545. The number of amides is 1. The van der Waals surface area contributed by atoms with Crippen molar-refractivity contribution in [3.63, 3.8) is 0 Å². The van der Waals surface area contributed by atoms with E-state index in [1.165, 1.54) is 6.33 Å². The van der Waals surface area contributed by atoms with Crippen LogP contribution in [0.2, 0.25) is 0 Å². The molecule has 3 rings (SSSR count). The molecule has 2 aliphatic rings. The summed E-state index contributed by atoms with van der Waals surface area (Å²) >= 11 is 3.43. The Hall–Kier alpha value is -1.37. The smallest absolute Gasteiger partial charge is 0.223 e. The molecule has 7 heteroatoms. The van der Waals surface area contributed by atoms with Crippen molar-refractivity contribution in [3.05, 3.63) is 10.8 Å². The third-order valence-electron chi connectivity index (χ3n) is 3.59. The first kappa shape index (κ1) is 11.7. The summed E-state index contributed by atoms with van der Waals surface area (Å²) in [6, 6.07) is 0.314. The molecule has 96 valence electrons. The maximum Gasteiger partial charge on any atom is 0.223 e. The number of hydrogen-bond acceptors (Lipinski definition) is 5. The Balaban J connectivity index is 1.83. The summed E-state index contributed by atoms with van der Waals surface area (Å²) in [7, 11) is 0. The molecule has 0 aliphatic carbocycles. The predicted octanol–water partition coefficient (Wildman–Crippen LogP) is 0.632. The number of carbonyl (C=O) groups is 1. The second kappa shape index (κ2) is 4.38. The zero-order valence-electron chi connectivity index (χ0n) is 9.84. The molecule has 1 amide bonds. The minimum atomic E-state index is 0.279. The fourth-order valence-electron chi connectivity index (χ4n) is 2.65. The monoisotopic (exact) mass is 311 g/mol. The van der Waals surface area contributed by atoms with E-state index in [1.807, 2.05) is 4.90 Å². The third kappa shape index (κ3) is 1.82. The van der Waals surface area contributed by atoms with Crippen LogP contribution in [0.3, 0.4) is 0 Å². The minimum Gasteiger partial charge on any atom is -0.383 e. The molecule has 18 heavy (non-hydrogen) atoms. The number of piperazine rings is 1. The Bertz CT molecular complexity index is 494. The van der Waals surface area contributed by atoms with Crippen LogP contribution < -0.4 is 10.6 Å². The molecule has 2 N–H and O–H groups in total. The second-order valence-corrected chi connectivity index (χ2v) is 5.42. The normalized spacial score (nSPS) is 23.4. The van der Waals surface area contributed by atoms with Gasteiger partial charge >= 0.3 is 0 Å².